The smallest absolute Gasteiger partial charge is 0.231 e. The van der Waals surface area contributed by atoms with E-state index in [1.54, 1.807) is 7.11 Å². The molecule has 3 heterocycles. The molecular weight excluding hydrogens is 298 g/mol. The zero-order valence-corrected chi connectivity index (χ0v) is 12.8. The number of methoxy groups -OCH3 is 1. The third-order valence-corrected chi connectivity index (χ3v) is 5.84. The van der Waals surface area contributed by atoms with Crippen molar-refractivity contribution in [1.82, 2.24) is 4.90 Å². The lowest BCUT2D eigenvalue weighted by Gasteiger charge is -2.48. The second-order valence-electron chi connectivity index (χ2n) is 6.70. The van der Waals surface area contributed by atoms with E-state index >= 15 is 0 Å². The van der Waals surface area contributed by atoms with Gasteiger partial charge in [-0.05, 0) is 24.1 Å². The summed E-state index contributed by atoms with van der Waals surface area (Å²) < 4.78 is 16.4. The summed E-state index contributed by atoms with van der Waals surface area (Å²) in [7, 11) is 1.69. The lowest BCUT2D eigenvalue weighted by molar-refractivity contribution is -0.0399. The van der Waals surface area contributed by atoms with Gasteiger partial charge in [0.2, 0.25) is 6.79 Å². The molecule has 122 valence electrons. The molecule has 0 radical (unpaired) electrons. The van der Waals surface area contributed by atoms with Crippen molar-refractivity contribution in [2.45, 2.75) is 36.3 Å². The molecule has 0 saturated carbocycles. The predicted octanol–water partition coefficient (Wildman–Crippen LogP) is 0.678. The van der Waals surface area contributed by atoms with E-state index in [-0.39, 0.29) is 18.9 Å². The molecule has 1 fully saturated rings. The van der Waals surface area contributed by atoms with Crippen LogP contribution in [-0.4, -0.2) is 53.8 Å². The van der Waals surface area contributed by atoms with Crippen LogP contribution in [0.1, 0.15) is 23.8 Å². The van der Waals surface area contributed by atoms with E-state index in [0.29, 0.717) is 18.0 Å². The zero-order valence-electron chi connectivity index (χ0n) is 12.8. The van der Waals surface area contributed by atoms with Gasteiger partial charge < -0.3 is 24.4 Å². The highest BCUT2D eigenvalue weighted by Gasteiger charge is 2.61. The number of fused-ring (bicyclic) bond motifs is 2. The Morgan fingerprint density at radius 1 is 1.26 bits per heavy atom. The third kappa shape index (κ3) is 1.57. The van der Waals surface area contributed by atoms with Crippen LogP contribution in [0.25, 0.3) is 0 Å². The van der Waals surface area contributed by atoms with Crippen molar-refractivity contribution in [3.05, 3.63) is 35.4 Å². The molecule has 2 N–H and O–H groups in total. The van der Waals surface area contributed by atoms with Crippen LogP contribution in [0.4, 0.5) is 0 Å². The van der Waals surface area contributed by atoms with E-state index in [1.807, 2.05) is 23.1 Å². The van der Waals surface area contributed by atoms with Crippen molar-refractivity contribution in [2.24, 2.45) is 0 Å². The Labute approximate surface area is 133 Å². The van der Waals surface area contributed by atoms with Crippen LogP contribution in [0.15, 0.2) is 24.3 Å². The van der Waals surface area contributed by atoms with Crippen molar-refractivity contribution in [2.75, 3.05) is 20.4 Å². The van der Waals surface area contributed by atoms with Crippen LogP contribution in [-0.2, 0) is 10.2 Å². The molecule has 6 heteroatoms. The number of hydrogen-bond acceptors (Lipinski definition) is 6. The van der Waals surface area contributed by atoms with Crippen LogP contribution in [0, 0.1) is 0 Å². The lowest BCUT2D eigenvalue weighted by Crippen LogP contribution is -2.53. The van der Waals surface area contributed by atoms with Crippen LogP contribution >= 0.6 is 0 Å². The minimum Gasteiger partial charge on any atom is -0.454 e. The van der Waals surface area contributed by atoms with Crippen LogP contribution < -0.4 is 9.47 Å². The van der Waals surface area contributed by atoms with Crippen molar-refractivity contribution in [1.29, 1.82) is 0 Å². The van der Waals surface area contributed by atoms with Gasteiger partial charge in [-0.2, -0.15) is 0 Å². The monoisotopic (exact) mass is 317 g/mol. The summed E-state index contributed by atoms with van der Waals surface area (Å²) >= 11 is 0. The topological polar surface area (TPSA) is 71.4 Å². The number of benzene rings is 1. The first-order valence-electron chi connectivity index (χ1n) is 7.93. The predicted molar refractivity (Wildman–Crippen MR) is 80.3 cm³/mol. The van der Waals surface area contributed by atoms with Gasteiger partial charge in [0.1, 0.15) is 6.23 Å². The quantitative estimate of drug-likeness (QED) is 0.742. The molecule has 1 aromatic rings. The first-order chi connectivity index (χ1) is 11.1. The molecule has 1 aromatic carbocycles. The summed E-state index contributed by atoms with van der Waals surface area (Å²) in [5.41, 5.74) is 1.21. The van der Waals surface area contributed by atoms with E-state index in [2.05, 4.69) is 6.08 Å². The Hall–Kier alpha value is -1.60. The maximum atomic E-state index is 10.8. The summed E-state index contributed by atoms with van der Waals surface area (Å²) in [5.74, 6) is 1.33. The maximum Gasteiger partial charge on any atom is 0.231 e. The highest BCUT2D eigenvalue weighted by atomic mass is 16.7. The minimum absolute atomic E-state index is 0.00341. The van der Waals surface area contributed by atoms with Gasteiger partial charge in [-0.25, -0.2) is 0 Å². The Bertz CT molecular complexity index is 704. The molecule has 4 aliphatic rings. The van der Waals surface area contributed by atoms with E-state index in [9.17, 15) is 10.2 Å². The fourth-order valence-corrected chi connectivity index (χ4v) is 4.71. The van der Waals surface area contributed by atoms with E-state index in [1.165, 1.54) is 0 Å². The Morgan fingerprint density at radius 3 is 2.83 bits per heavy atom. The highest BCUT2D eigenvalue weighted by Crippen LogP contribution is 2.56. The SMILES string of the molecule is CO[C@@H]1C=C[C@@]23c4cc5c(cc4[C@H](O)N(C[C@H]2O)[C@H]3C1)OCO5. The fraction of sp³-hybridized carbons (Fsp3) is 0.529. The largest absolute Gasteiger partial charge is 0.454 e. The molecule has 1 saturated heterocycles. The van der Waals surface area contributed by atoms with E-state index < -0.39 is 17.7 Å². The standard InChI is InChI=1S/C17H19NO5/c1-21-9-2-3-17-11-6-13-12(22-8-23-13)5-10(11)16(20)18(7-15(17)19)14(17)4-9/h2-3,5-6,9,14-16,19-20H,4,7-8H2,1H3/t9-,14+,15-,16+,17+/m1/s1. The van der Waals surface area contributed by atoms with Crippen LogP contribution in [0.3, 0.4) is 0 Å². The van der Waals surface area contributed by atoms with Gasteiger partial charge in [0.05, 0.1) is 17.6 Å². The van der Waals surface area contributed by atoms with Crippen molar-refractivity contribution < 1.29 is 24.4 Å². The first-order valence-corrected chi connectivity index (χ1v) is 7.93. The second kappa shape index (κ2) is 4.48. The summed E-state index contributed by atoms with van der Waals surface area (Å²) in [6, 6.07) is 3.79. The van der Waals surface area contributed by atoms with Crippen LogP contribution in [0.2, 0.25) is 0 Å². The van der Waals surface area contributed by atoms with Crippen molar-refractivity contribution in [3.63, 3.8) is 0 Å². The number of nitrogens with zero attached hydrogens (tertiary/aromatic N) is 1. The number of hydrogen-bond donors (Lipinski definition) is 2. The Kier molecular flexibility index (Phi) is 2.69. The van der Waals surface area contributed by atoms with Gasteiger partial charge in [0.25, 0.3) is 0 Å². The zero-order chi connectivity index (χ0) is 15.8. The Morgan fingerprint density at radius 2 is 2.04 bits per heavy atom. The second-order valence-corrected chi connectivity index (χ2v) is 6.70. The molecule has 1 aliphatic carbocycles. The van der Waals surface area contributed by atoms with Crippen molar-refractivity contribution in [3.8, 4) is 11.5 Å². The first kappa shape index (κ1) is 13.8. The average Bonchev–Trinajstić information content (AvgIpc) is 3.12. The van der Waals surface area contributed by atoms with Gasteiger partial charge >= 0.3 is 0 Å². The van der Waals surface area contributed by atoms with Gasteiger partial charge in [-0.15, -0.1) is 0 Å². The number of aliphatic hydroxyl groups excluding tert-OH is 2. The Balaban J connectivity index is 1.75. The summed E-state index contributed by atoms with van der Waals surface area (Å²) in [6.07, 6.45) is 3.51. The highest BCUT2D eigenvalue weighted by molar-refractivity contribution is 5.57. The van der Waals surface area contributed by atoms with Gasteiger partial charge in [0, 0.05) is 25.3 Å². The molecular formula is C17H19NO5. The molecule has 2 bridgehead atoms. The minimum atomic E-state index is -0.751. The molecule has 0 aromatic heterocycles. The van der Waals surface area contributed by atoms with E-state index in [4.69, 9.17) is 14.2 Å². The molecule has 6 atom stereocenters. The molecule has 23 heavy (non-hydrogen) atoms. The molecule has 3 aliphatic heterocycles. The van der Waals surface area contributed by atoms with Crippen LogP contribution in [0.5, 0.6) is 11.5 Å². The molecule has 5 rings (SSSR count). The summed E-state index contributed by atoms with van der Waals surface area (Å²) in [6.45, 7) is 0.631. The molecule has 1 unspecified atom stereocenters. The number of aliphatic hydroxyl groups is 2. The number of ether oxygens (including phenoxy) is 3. The van der Waals surface area contributed by atoms with Gasteiger partial charge in [0.15, 0.2) is 11.5 Å². The summed E-state index contributed by atoms with van der Waals surface area (Å²) in [5, 5.41) is 21.7. The molecule has 0 amide bonds. The fourth-order valence-electron chi connectivity index (χ4n) is 4.71. The van der Waals surface area contributed by atoms with E-state index in [0.717, 1.165) is 17.5 Å². The summed E-state index contributed by atoms with van der Waals surface area (Å²) in [4.78, 5) is 1.98. The third-order valence-electron chi connectivity index (χ3n) is 5.84. The lowest BCUT2D eigenvalue weighted by atomic mass is 9.65. The maximum absolute atomic E-state index is 10.8. The average molecular weight is 317 g/mol. The van der Waals surface area contributed by atoms with Gasteiger partial charge in [-0.1, -0.05) is 12.2 Å². The van der Waals surface area contributed by atoms with Gasteiger partial charge in [-0.3, -0.25) is 4.90 Å². The molecule has 6 nitrogen and oxygen atoms in total. The molecule has 0 spiro atoms. The normalized spacial score (nSPS) is 42.5. The van der Waals surface area contributed by atoms with Crippen molar-refractivity contribution >= 4 is 0 Å². The number of rotatable bonds is 1.